The normalized spacial score (nSPS) is 14.9. The zero-order valence-corrected chi connectivity index (χ0v) is 12.3. The summed E-state index contributed by atoms with van der Waals surface area (Å²) in [4.78, 5) is 25.1. The molecule has 1 saturated carbocycles. The van der Waals surface area contributed by atoms with E-state index in [1.807, 2.05) is 30.3 Å². The molecule has 2 amide bonds. The van der Waals surface area contributed by atoms with E-state index in [4.69, 9.17) is 5.73 Å². The number of carbonyl (C=O) groups is 2. The van der Waals surface area contributed by atoms with Crippen molar-refractivity contribution in [2.75, 3.05) is 13.6 Å². The zero-order chi connectivity index (χ0) is 13.9. The predicted molar refractivity (Wildman–Crippen MR) is 79.3 cm³/mol. The Hall–Kier alpha value is -1.59. The van der Waals surface area contributed by atoms with Crippen molar-refractivity contribution in [1.29, 1.82) is 0 Å². The Bertz CT molecular complexity index is 475. The smallest absolute Gasteiger partial charge is 0.242 e. The molecule has 6 heteroatoms. The van der Waals surface area contributed by atoms with Gasteiger partial charge in [-0.3, -0.25) is 9.59 Å². The van der Waals surface area contributed by atoms with Gasteiger partial charge < -0.3 is 16.0 Å². The summed E-state index contributed by atoms with van der Waals surface area (Å²) in [6, 6.07) is 9.71. The van der Waals surface area contributed by atoms with Crippen LogP contribution in [0.15, 0.2) is 30.3 Å². The van der Waals surface area contributed by atoms with Crippen LogP contribution in [0.1, 0.15) is 18.4 Å². The van der Waals surface area contributed by atoms with E-state index >= 15 is 0 Å². The van der Waals surface area contributed by atoms with E-state index < -0.39 is 5.54 Å². The summed E-state index contributed by atoms with van der Waals surface area (Å²) in [7, 11) is 1.72. The van der Waals surface area contributed by atoms with Crippen molar-refractivity contribution < 1.29 is 9.59 Å². The van der Waals surface area contributed by atoms with Crippen LogP contribution in [-0.2, 0) is 16.1 Å². The van der Waals surface area contributed by atoms with Crippen molar-refractivity contribution in [1.82, 2.24) is 10.2 Å². The molecule has 0 spiro atoms. The Labute approximate surface area is 124 Å². The van der Waals surface area contributed by atoms with Gasteiger partial charge >= 0.3 is 0 Å². The van der Waals surface area contributed by atoms with Crippen LogP contribution in [0.2, 0.25) is 0 Å². The summed E-state index contributed by atoms with van der Waals surface area (Å²) in [6.07, 6.45) is 1.40. The van der Waals surface area contributed by atoms with Crippen LogP contribution in [0.5, 0.6) is 0 Å². The van der Waals surface area contributed by atoms with Crippen molar-refractivity contribution in [2.45, 2.75) is 24.9 Å². The molecule has 5 nitrogen and oxygen atoms in total. The number of amides is 2. The molecule has 2 rings (SSSR count). The van der Waals surface area contributed by atoms with E-state index in [1.54, 1.807) is 11.9 Å². The van der Waals surface area contributed by atoms with Gasteiger partial charge in [-0.1, -0.05) is 30.3 Å². The maximum Gasteiger partial charge on any atom is 0.242 e. The Kier molecular flexibility index (Phi) is 5.53. The number of nitrogens with zero attached hydrogens (tertiary/aromatic N) is 1. The number of carbonyl (C=O) groups excluding carboxylic acids is 2. The average molecular weight is 298 g/mol. The van der Waals surface area contributed by atoms with E-state index in [0.717, 1.165) is 5.56 Å². The maximum absolute atomic E-state index is 11.9. The van der Waals surface area contributed by atoms with Gasteiger partial charge in [-0.25, -0.2) is 0 Å². The third kappa shape index (κ3) is 4.21. The molecule has 1 aliphatic rings. The third-order valence-electron chi connectivity index (χ3n) is 3.33. The fourth-order valence-electron chi connectivity index (χ4n) is 1.77. The summed E-state index contributed by atoms with van der Waals surface area (Å²) in [5.74, 6) is -0.351. The molecule has 0 saturated heterocycles. The summed E-state index contributed by atoms with van der Waals surface area (Å²) in [5, 5.41) is 2.60. The van der Waals surface area contributed by atoms with Gasteiger partial charge in [0.05, 0.1) is 12.1 Å². The lowest BCUT2D eigenvalue weighted by atomic mass is 10.2. The molecule has 0 unspecified atom stereocenters. The first-order valence-corrected chi connectivity index (χ1v) is 6.36. The molecule has 0 aromatic heterocycles. The molecule has 20 heavy (non-hydrogen) atoms. The molecular weight excluding hydrogens is 278 g/mol. The second-order valence-corrected chi connectivity index (χ2v) is 5.07. The topological polar surface area (TPSA) is 75.4 Å². The molecule has 1 aromatic carbocycles. The van der Waals surface area contributed by atoms with Crippen molar-refractivity contribution >= 4 is 24.2 Å². The quantitative estimate of drug-likeness (QED) is 0.839. The molecule has 0 heterocycles. The van der Waals surface area contributed by atoms with Crippen molar-refractivity contribution in [2.24, 2.45) is 5.73 Å². The average Bonchev–Trinajstić information content (AvgIpc) is 3.16. The summed E-state index contributed by atoms with van der Waals surface area (Å²) in [6.45, 7) is 0.532. The van der Waals surface area contributed by atoms with E-state index in [0.29, 0.717) is 19.4 Å². The number of likely N-dealkylation sites (N-methyl/N-ethyl adjacent to an activating group) is 1. The van der Waals surface area contributed by atoms with Gasteiger partial charge in [0.1, 0.15) is 0 Å². The summed E-state index contributed by atoms with van der Waals surface area (Å²) < 4.78 is 0. The minimum Gasteiger partial charge on any atom is -0.345 e. The van der Waals surface area contributed by atoms with Crippen LogP contribution in [0.4, 0.5) is 0 Å². The van der Waals surface area contributed by atoms with Gasteiger partial charge in [-0.15, -0.1) is 12.4 Å². The van der Waals surface area contributed by atoms with Gasteiger partial charge in [0.15, 0.2) is 0 Å². The van der Waals surface area contributed by atoms with Gasteiger partial charge in [-0.2, -0.15) is 0 Å². The highest BCUT2D eigenvalue weighted by molar-refractivity contribution is 5.92. The number of nitrogens with two attached hydrogens (primary N) is 1. The van der Waals surface area contributed by atoms with Crippen LogP contribution in [-0.4, -0.2) is 35.8 Å². The SMILES string of the molecule is CN(Cc1ccccc1)C(=O)CNC(=O)C1(N)CC1.Cl. The van der Waals surface area contributed by atoms with Crippen LogP contribution in [0, 0.1) is 0 Å². The van der Waals surface area contributed by atoms with E-state index in [-0.39, 0.29) is 30.8 Å². The van der Waals surface area contributed by atoms with Crippen molar-refractivity contribution in [3.05, 3.63) is 35.9 Å². The summed E-state index contributed by atoms with van der Waals surface area (Å²) >= 11 is 0. The second kappa shape index (κ2) is 6.72. The minimum atomic E-state index is -0.724. The highest BCUT2D eigenvalue weighted by Gasteiger charge is 2.45. The number of hydrogen-bond acceptors (Lipinski definition) is 3. The van der Waals surface area contributed by atoms with Crippen LogP contribution in [0.25, 0.3) is 0 Å². The van der Waals surface area contributed by atoms with Crippen LogP contribution >= 0.6 is 12.4 Å². The molecule has 3 N–H and O–H groups in total. The highest BCUT2D eigenvalue weighted by atomic mass is 35.5. The monoisotopic (exact) mass is 297 g/mol. The first-order chi connectivity index (χ1) is 9.01. The number of nitrogens with one attached hydrogen (secondary N) is 1. The fraction of sp³-hybridized carbons (Fsp3) is 0.429. The second-order valence-electron chi connectivity index (χ2n) is 5.07. The van der Waals surface area contributed by atoms with Gasteiger partial charge in [0.2, 0.25) is 11.8 Å². The third-order valence-corrected chi connectivity index (χ3v) is 3.33. The molecular formula is C14H20ClN3O2. The predicted octanol–water partition coefficient (Wildman–Crippen LogP) is 0.674. The summed E-state index contributed by atoms with van der Waals surface area (Å²) in [5.41, 5.74) is 6.07. The van der Waals surface area contributed by atoms with Gasteiger partial charge in [-0.05, 0) is 18.4 Å². The Morgan fingerprint density at radius 1 is 1.30 bits per heavy atom. The van der Waals surface area contributed by atoms with Crippen molar-refractivity contribution in [3.63, 3.8) is 0 Å². The Balaban J connectivity index is 0.00000200. The Morgan fingerprint density at radius 2 is 1.90 bits per heavy atom. The molecule has 110 valence electrons. The standard InChI is InChI=1S/C14H19N3O2.ClH/c1-17(10-11-5-3-2-4-6-11)12(18)9-16-13(19)14(15)7-8-14;/h2-6H,7-10,15H2,1H3,(H,16,19);1H. The van der Waals surface area contributed by atoms with E-state index in [2.05, 4.69) is 5.32 Å². The van der Waals surface area contributed by atoms with E-state index in [1.165, 1.54) is 0 Å². The van der Waals surface area contributed by atoms with Crippen LogP contribution < -0.4 is 11.1 Å². The van der Waals surface area contributed by atoms with Crippen molar-refractivity contribution in [3.8, 4) is 0 Å². The molecule has 0 atom stereocenters. The first-order valence-electron chi connectivity index (χ1n) is 6.36. The van der Waals surface area contributed by atoms with Crippen LogP contribution in [0.3, 0.4) is 0 Å². The number of hydrogen-bond donors (Lipinski definition) is 2. The minimum absolute atomic E-state index is 0. The largest absolute Gasteiger partial charge is 0.345 e. The highest BCUT2D eigenvalue weighted by Crippen LogP contribution is 2.31. The van der Waals surface area contributed by atoms with E-state index in [9.17, 15) is 9.59 Å². The lowest BCUT2D eigenvalue weighted by Gasteiger charge is -2.18. The first kappa shape index (κ1) is 16.5. The number of benzene rings is 1. The van der Waals surface area contributed by atoms with Gasteiger partial charge in [0, 0.05) is 13.6 Å². The molecule has 1 fully saturated rings. The molecule has 1 aliphatic carbocycles. The maximum atomic E-state index is 11.9. The lowest BCUT2D eigenvalue weighted by Crippen LogP contribution is -2.46. The molecule has 1 aromatic rings. The fourth-order valence-corrected chi connectivity index (χ4v) is 1.77. The lowest BCUT2D eigenvalue weighted by molar-refractivity contribution is -0.132. The number of halogens is 1. The molecule has 0 aliphatic heterocycles. The zero-order valence-electron chi connectivity index (χ0n) is 11.5. The molecule has 0 bridgehead atoms. The molecule has 0 radical (unpaired) electrons. The Morgan fingerprint density at radius 3 is 2.45 bits per heavy atom. The van der Waals surface area contributed by atoms with Gasteiger partial charge in [0.25, 0.3) is 0 Å². The number of rotatable bonds is 5.